The topological polar surface area (TPSA) is 28.7 Å². The Labute approximate surface area is 103 Å². The van der Waals surface area contributed by atoms with Gasteiger partial charge in [-0.2, -0.15) is 0 Å². The van der Waals surface area contributed by atoms with E-state index < -0.39 is 0 Å². The first-order chi connectivity index (χ1) is 7.74. The van der Waals surface area contributed by atoms with E-state index in [1.165, 1.54) is 24.1 Å². The van der Waals surface area contributed by atoms with E-state index >= 15 is 0 Å². The molecule has 1 aliphatic rings. The Kier molecular flexibility index (Phi) is 2.36. The highest BCUT2D eigenvalue weighted by molar-refractivity contribution is 9.10. The first-order valence-electron chi connectivity index (χ1n) is 5.56. The minimum absolute atomic E-state index is 0.680. The molecule has 1 heterocycles. The number of aromatic nitrogens is 2. The number of halogens is 1. The molecule has 2 aromatic rings. The van der Waals surface area contributed by atoms with Crippen molar-refractivity contribution in [2.45, 2.75) is 25.7 Å². The zero-order chi connectivity index (χ0) is 11.1. The maximum absolute atomic E-state index is 4.71. The van der Waals surface area contributed by atoms with Crippen LogP contribution in [0, 0.1) is 6.92 Å². The van der Waals surface area contributed by atoms with Gasteiger partial charge in [-0.05, 0) is 31.9 Å². The first-order valence-corrected chi connectivity index (χ1v) is 6.36. The lowest BCUT2D eigenvalue weighted by atomic mass is 10.1. The molecule has 3 heteroatoms. The Balaban J connectivity index is 2.04. The van der Waals surface area contributed by atoms with Crippen molar-refractivity contribution in [3.05, 3.63) is 40.3 Å². The van der Waals surface area contributed by atoms with E-state index in [9.17, 15) is 0 Å². The normalized spacial score (nSPS) is 15.4. The van der Waals surface area contributed by atoms with Crippen molar-refractivity contribution in [3.63, 3.8) is 0 Å². The molecule has 1 saturated carbocycles. The molecule has 0 atom stereocenters. The summed E-state index contributed by atoms with van der Waals surface area (Å²) >= 11 is 3.49. The van der Waals surface area contributed by atoms with Crippen LogP contribution in [-0.2, 0) is 0 Å². The maximum Gasteiger partial charge on any atom is 0.110 e. The predicted molar refractivity (Wildman–Crippen MR) is 68.4 cm³/mol. The summed E-state index contributed by atoms with van der Waals surface area (Å²) in [6, 6.07) is 8.29. The van der Waals surface area contributed by atoms with Crippen molar-refractivity contribution in [2.24, 2.45) is 0 Å². The van der Waals surface area contributed by atoms with Gasteiger partial charge in [0.05, 0.1) is 5.69 Å². The van der Waals surface area contributed by atoms with E-state index in [4.69, 9.17) is 4.98 Å². The van der Waals surface area contributed by atoms with E-state index in [1.807, 2.05) is 12.1 Å². The number of aryl methyl sites for hydroxylation is 1. The van der Waals surface area contributed by atoms with Crippen molar-refractivity contribution in [1.29, 1.82) is 0 Å². The molecular formula is C13H13BrN2. The van der Waals surface area contributed by atoms with E-state index in [0.29, 0.717) is 5.92 Å². The van der Waals surface area contributed by atoms with Crippen molar-refractivity contribution in [1.82, 2.24) is 9.97 Å². The fraction of sp³-hybridized carbons (Fsp3) is 0.308. The summed E-state index contributed by atoms with van der Waals surface area (Å²) in [5.74, 6) is 1.84. The Hall–Kier alpha value is -1.09. The van der Waals surface area contributed by atoms with Crippen LogP contribution in [0.4, 0.5) is 0 Å². The van der Waals surface area contributed by atoms with E-state index in [0.717, 1.165) is 16.0 Å². The van der Waals surface area contributed by atoms with Crippen LogP contribution in [0.3, 0.4) is 0 Å². The average molecular weight is 277 g/mol. The Bertz CT molecular complexity index is 526. The van der Waals surface area contributed by atoms with Crippen molar-refractivity contribution >= 4 is 15.9 Å². The number of rotatable bonds is 2. The second-order valence-corrected chi connectivity index (χ2v) is 5.30. The predicted octanol–water partition coefficient (Wildman–Crippen LogP) is 4.03. The average Bonchev–Trinajstić information content (AvgIpc) is 3.02. The zero-order valence-electron chi connectivity index (χ0n) is 9.13. The van der Waals surface area contributed by atoms with Crippen LogP contribution in [0.25, 0.3) is 11.3 Å². The standard InChI is InChI=1S/C13H13BrN2/c1-8-12(10-3-2-4-11(14)7-10)16-13(15-8)9-5-6-9/h2-4,7,9H,5-6H2,1H3,(H,15,16). The third kappa shape index (κ3) is 1.80. The molecule has 16 heavy (non-hydrogen) atoms. The van der Waals surface area contributed by atoms with Crippen molar-refractivity contribution in [3.8, 4) is 11.3 Å². The minimum atomic E-state index is 0.680. The van der Waals surface area contributed by atoms with Gasteiger partial charge in [-0.1, -0.05) is 28.1 Å². The minimum Gasteiger partial charge on any atom is -0.345 e. The Morgan fingerprint density at radius 1 is 1.38 bits per heavy atom. The van der Waals surface area contributed by atoms with Crippen LogP contribution < -0.4 is 0 Å². The van der Waals surface area contributed by atoms with Crippen LogP contribution >= 0.6 is 15.9 Å². The molecule has 3 rings (SSSR count). The molecule has 0 bridgehead atoms. The van der Waals surface area contributed by atoms with Crippen LogP contribution in [0.1, 0.15) is 30.3 Å². The number of nitrogens with one attached hydrogen (secondary N) is 1. The summed E-state index contributed by atoms with van der Waals surface area (Å²) < 4.78 is 1.10. The van der Waals surface area contributed by atoms with Gasteiger partial charge in [-0.3, -0.25) is 0 Å². The summed E-state index contributed by atoms with van der Waals surface area (Å²) in [7, 11) is 0. The van der Waals surface area contributed by atoms with E-state index in [-0.39, 0.29) is 0 Å². The largest absolute Gasteiger partial charge is 0.345 e. The third-order valence-corrected chi connectivity index (χ3v) is 3.46. The van der Waals surface area contributed by atoms with Crippen LogP contribution in [-0.4, -0.2) is 9.97 Å². The van der Waals surface area contributed by atoms with Crippen LogP contribution in [0.5, 0.6) is 0 Å². The molecule has 0 unspecified atom stereocenters. The zero-order valence-corrected chi connectivity index (χ0v) is 10.7. The van der Waals surface area contributed by atoms with E-state index in [1.54, 1.807) is 0 Å². The van der Waals surface area contributed by atoms with Crippen molar-refractivity contribution in [2.75, 3.05) is 0 Å². The number of aromatic amines is 1. The second-order valence-electron chi connectivity index (χ2n) is 4.38. The monoisotopic (exact) mass is 276 g/mol. The van der Waals surface area contributed by atoms with Gasteiger partial charge in [0.1, 0.15) is 5.82 Å². The molecular weight excluding hydrogens is 264 g/mol. The molecule has 0 spiro atoms. The lowest BCUT2D eigenvalue weighted by Crippen LogP contribution is -1.82. The molecule has 2 nitrogen and oxygen atoms in total. The lowest BCUT2D eigenvalue weighted by Gasteiger charge is -1.98. The van der Waals surface area contributed by atoms with Gasteiger partial charge in [0.25, 0.3) is 0 Å². The summed E-state index contributed by atoms with van der Waals surface area (Å²) in [6.45, 7) is 2.09. The molecule has 1 N–H and O–H groups in total. The molecule has 0 radical (unpaired) electrons. The summed E-state index contributed by atoms with van der Waals surface area (Å²) in [4.78, 5) is 8.10. The van der Waals surface area contributed by atoms with Crippen LogP contribution in [0.2, 0.25) is 0 Å². The lowest BCUT2D eigenvalue weighted by molar-refractivity contribution is 0.969. The fourth-order valence-electron chi connectivity index (χ4n) is 1.95. The van der Waals surface area contributed by atoms with Gasteiger partial charge in [0.2, 0.25) is 0 Å². The van der Waals surface area contributed by atoms with Gasteiger partial charge in [0.15, 0.2) is 0 Å². The van der Waals surface area contributed by atoms with Crippen LogP contribution in [0.15, 0.2) is 28.7 Å². The molecule has 1 aromatic heterocycles. The maximum atomic E-state index is 4.71. The SMILES string of the molecule is Cc1[nH]c(C2CC2)nc1-c1cccc(Br)c1. The van der Waals surface area contributed by atoms with Gasteiger partial charge in [-0.25, -0.2) is 4.98 Å². The number of H-pyrrole nitrogens is 1. The number of imidazole rings is 1. The van der Waals surface area contributed by atoms with Crippen molar-refractivity contribution < 1.29 is 0 Å². The van der Waals surface area contributed by atoms with Gasteiger partial charge in [0, 0.05) is 21.6 Å². The number of hydrogen-bond donors (Lipinski definition) is 1. The highest BCUT2D eigenvalue weighted by Crippen LogP contribution is 2.39. The van der Waals surface area contributed by atoms with Gasteiger partial charge < -0.3 is 4.98 Å². The van der Waals surface area contributed by atoms with Gasteiger partial charge in [-0.15, -0.1) is 0 Å². The Morgan fingerprint density at radius 2 is 2.19 bits per heavy atom. The molecule has 0 saturated heterocycles. The molecule has 1 aliphatic carbocycles. The molecule has 1 aromatic carbocycles. The van der Waals surface area contributed by atoms with E-state index in [2.05, 4.69) is 40.0 Å². The van der Waals surface area contributed by atoms with Gasteiger partial charge >= 0.3 is 0 Å². The molecule has 0 aliphatic heterocycles. The molecule has 0 amide bonds. The molecule has 1 fully saturated rings. The summed E-state index contributed by atoms with van der Waals surface area (Å²) in [5, 5.41) is 0. The Morgan fingerprint density at radius 3 is 2.88 bits per heavy atom. The summed E-state index contributed by atoms with van der Waals surface area (Å²) in [6.07, 6.45) is 2.57. The highest BCUT2D eigenvalue weighted by atomic mass is 79.9. The molecule has 82 valence electrons. The highest BCUT2D eigenvalue weighted by Gasteiger charge is 2.27. The third-order valence-electron chi connectivity index (χ3n) is 2.97. The number of nitrogens with zero attached hydrogens (tertiary/aromatic N) is 1. The fourth-order valence-corrected chi connectivity index (χ4v) is 2.35. The smallest absolute Gasteiger partial charge is 0.110 e. The second kappa shape index (κ2) is 3.74. The summed E-state index contributed by atoms with van der Waals surface area (Å²) in [5.41, 5.74) is 3.43. The number of benzene rings is 1. The number of hydrogen-bond acceptors (Lipinski definition) is 1. The quantitative estimate of drug-likeness (QED) is 0.882. The first kappa shape index (κ1) is 10.1.